The molecular formula is C19H25N3O3S. The topological polar surface area (TPSA) is 75.4 Å². The Labute approximate surface area is 157 Å². The first-order valence-corrected chi connectivity index (χ1v) is 9.97. The Kier molecular flexibility index (Phi) is 5.46. The van der Waals surface area contributed by atoms with Crippen molar-refractivity contribution >= 4 is 23.3 Å². The fourth-order valence-corrected chi connectivity index (χ4v) is 3.84. The van der Waals surface area contributed by atoms with E-state index in [4.69, 9.17) is 4.42 Å². The molecular weight excluding hydrogens is 350 g/mol. The highest BCUT2D eigenvalue weighted by Crippen LogP contribution is 2.29. The number of hydrogen-bond acceptors (Lipinski definition) is 5. The summed E-state index contributed by atoms with van der Waals surface area (Å²) in [5.74, 6) is 0.978. The van der Waals surface area contributed by atoms with Crippen molar-refractivity contribution in [1.82, 2.24) is 15.2 Å². The van der Waals surface area contributed by atoms with Gasteiger partial charge in [-0.1, -0.05) is 38.7 Å². The molecule has 140 valence electrons. The molecule has 2 aromatic heterocycles. The Morgan fingerprint density at radius 3 is 2.81 bits per heavy atom. The summed E-state index contributed by atoms with van der Waals surface area (Å²) in [4.78, 5) is 31.9. The lowest BCUT2D eigenvalue weighted by molar-refractivity contribution is -0.131. The second kappa shape index (κ2) is 7.61. The van der Waals surface area contributed by atoms with Crippen molar-refractivity contribution in [2.24, 2.45) is 0 Å². The minimum Gasteiger partial charge on any atom is -0.440 e. The zero-order valence-corrected chi connectivity index (χ0v) is 16.3. The summed E-state index contributed by atoms with van der Waals surface area (Å²) in [5, 5.41) is 4.82. The summed E-state index contributed by atoms with van der Waals surface area (Å²) in [7, 11) is 0. The molecule has 1 saturated heterocycles. The number of carbonyl (C=O) groups is 2. The van der Waals surface area contributed by atoms with Crippen molar-refractivity contribution in [3.8, 4) is 10.8 Å². The molecule has 3 rings (SSSR count). The number of unbranched alkanes of at least 4 members (excludes halogenated alkanes) is 3. The van der Waals surface area contributed by atoms with Gasteiger partial charge in [0.25, 0.3) is 5.91 Å². The first kappa shape index (κ1) is 18.6. The quantitative estimate of drug-likeness (QED) is 0.545. The van der Waals surface area contributed by atoms with Gasteiger partial charge in [-0.05, 0) is 31.7 Å². The second-order valence-electron chi connectivity index (χ2n) is 6.96. The van der Waals surface area contributed by atoms with Crippen molar-refractivity contribution < 1.29 is 14.0 Å². The molecule has 0 aliphatic carbocycles. The monoisotopic (exact) mass is 375 g/mol. The molecule has 0 bridgehead atoms. The van der Waals surface area contributed by atoms with E-state index in [0.29, 0.717) is 23.8 Å². The summed E-state index contributed by atoms with van der Waals surface area (Å²) in [6.07, 6.45) is 4.94. The van der Waals surface area contributed by atoms with Gasteiger partial charge in [0.2, 0.25) is 5.89 Å². The van der Waals surface area contributed by atoms with E-state index in [1.807, 2.05) is 31.4 Å². The van der Waals surface area contributed by atoms with Gasteiger partial charge >= 0.3 is 6.03 Å². The minimum absolute atomic E-state index is 0.135. The fourth-order valence-electron chi connectivity index (χ4n) is 3.20. The summed E-state index contributed by atoms with van der Waals surface area (Å²) < 4.78 is 5.71. The van der Waals surface area contributed by atoms with Gasteiger partial charge in [-0.2, -0.15) is 0 Å². The predicted octanol–water partition coefficient (Wildman–Crippen LogP) is 4.49. The molecule has 3 amide bonds. The van der Waals surface area contributed by atoms with Crippen LogP contribution in [0.3, 0.4) is 0 Å². The standard InChI is InChI=1S/C19H25N3O3S/c1-4-5-6-7-10-19(3)17(23)22(18(24)21-19)12-14-13(2)25-16(20-14)15-9-8-11-26-15/h8-9,11H,4-7,10,12H2,1-3H3,(H,21,24). The number of amides is 3. The molecule has 0 radical (unpaired) electrons. The number of urea groups is 1. The number of aromatic nitrogens is 1. The number of hydrogen-bond donors (Lipinski definition) is 1. The van der Waals surface area contributed by atoms with E-state index >= 15 is 0 Å². The minimum atomic E-state index is -0.820. The number of carbonyl (C=O) groups excluding carboxylic acids is 2. The summed E-state index contributed by atoms with van der Waals surface area (Å²) in [6.45, 7) is 5.90. The number of nitrogens with zero attached hydrogens (tertiary/aromatic N) is 2. The predicted molar refractivity (Wildman–Crippen MR) is 101 cm³/mol. The maximum absolute atomic E-state index is 12.8. The zero-order chi connectivity index (χ0) is 18.7. The van der Waals surface area contributed by atoms with Gasteiger partial charge in [0.1, 0.15) is 17.0 Å². The molecule has 3 heterocycles. The van der Waals surface area contributed by atoms with Crippen LogP contribution in [0.4, 0.5) is 4.79 Å². The van der Waals surface area contributed by atoms with Gasteiger partial charge in [0.05, 0.1) is 11.4 Å². The van der Waals surface area contributed by atoms with E-state index in [1.54, 1.807) is 0 Å². The van der Waals surface area contributed by atoms with E-state index in [0.717, 1.165) is 30.6 Å². The van der Waals surface area contributed by atoms with Crippen LogP contribution in [0.1, 0.15) is 57.4 Å². The Bertz CT molecular complexity index is 784. The van der Waals surface area contributed by atoms with Crippen LogP contribution in [-0.4, -0.2) is 27.4 Å². The Morgan fingerprint density at radius 2 is 2.12 bits per heavy atom. The highest BCUT2D eigenvalue weighted by molar-refractivity contribution is 7.13. The highest BCUT2D eigenvalue weighted by atomic mass is 32.1. The number of oxazole rings is 1. The smallest absolute Gasteiger partial charge is 0.325 e. The highest BCUT2D eigenvalue weighted by Gasteiger charge is 2.47. The number of imide groups is 1. The SMILES string of the molecule is CCCCCCC1(C)NC(=O)N(Cc2nc(-c3cccs3)oc2C)C1=O. The molecule has 1 unspecified atom stereocenters. The van der Waals surface area contributed by atoms with E-state index in [9.17, 15) is 9.59 Å². The molecule has 1 fully saturated rings. The van der Waals surface area contributed by atoms with Crippen LogP contribution < -0.4 is 5.32 Å². The molecule has 2 aromatic rings. The molecule has 1 N–H and O–H groups in total. The van der Waals surface area contributed by atoms with Crippen LogP contribution in [-0.2, 0) is 11.3 Å². The Balaban J connectivity index is 1.70. The van der Waals surface area contributed by atoms with Gasteiger partial charge in [-0.3, -0.25) is 9.69 Å². The van der Waals surface area contributed by atoms with E-state index in [-0.39, 0.29) is 18.5 Å². The number of aryl methyl sites for hydroxylation is 1. The Hall–Kier alpha value is -2.15. The third kappa shape index (κ3) is 3.67. The molecule has 0 aromatic carbocycles. The van der Waals surface area contributed by atoms with Crippen molar-refractivity contribution in [1.29, 1.82) is 0 Å². The lowest BCUT2D eigenvalue weighted by Crippen LogP contribution is -2.43. The number of thiophene rings is 1. The van der Waals surface area contributed by atoms with Crippen molar-refractivity contribution in [2.45, 2.75) is 65.0 Å². The Morgan fingerprint density at radius 1 is 1.31 bits per heavy atom. The average molecular weight is 375 g/mol. The normalized spacial score (nSPS) is 20.0. The average Bonchev–Trinajstić information content (AvgIpc) is 3.29. The number of rotatable bonds is 8. The van der Waals surface area contributed by atoms with Crippen molar-refractivity contribution in [2.75, 3.05) is 0 Å². The maximum Gasteiger partial charge on any atom is 0.325 e. The molecule has 0 spiro atoms. The van der Waals surface area contributed by atoms with Crippen LogP contribution in [0.15, 0.2) is 21.9 Å². The largest absolute Gasteiger partial charge is 0.440 e. The van der Waals surface area contributed by atoms with Gasteiger partial charge in [-0.25, -0.2) is 9.78 Å². The fraction of sp³-hybridized carbons (Fsp3) is 0.526. The van der Waals surface area contributed by atoms with Crippen LogP contribution in [0, 0.1) is 6.92 Å². The van der Waals surface area contributed by atoms with E-state index in [2.05, 4.69) is 17.2 Å². The van der Waals surface area contributed by atoms with Crippen LogP contribution in [0.5, 0.6) is 0 Å². The first-order valence-electron chi connectivity index (χ1n) is 9.09. The van der Waals surface area contributed by atoms with Gasteiger partial charge in [0.15, 0.2) is 0 Å². The molecule has 1 aliphatic rings. The third-order valence-corrected chi connectivity index (χ3v) is 5.67. The molecule has 26 heavy (non-hydrogen) atoms. The van der Waals surface area contributed by atoms with Crippen molar-refractivity contribution in [3.05, 3.63) is 29.0 Å². The molecule has 1 atom stereocenters. The third-order valence-electron chi connectivity index (χ3n) is 4.81. The zero-order valence-electron chi connectivity index (χ0n) is 15.5. The first-order chi connectivity index (χ1) is 12.4. The molecule has 6 nitrogen and oxygen atoms in total. The maximum atomic E-state index is 12.8. The number of nitrogens with one attached hydrogen (secondary N) is 1. The van der Waals surface area contributed by atoms with Crippen LogP contribution >= 0.6 is 11.3 Å². The lowest BCUT2D eigenvalue weighted by Gasteiger charge is -2.21. The van der Waals surface area contributed by atoms with Crippen LogP contribution in [0.25, 0.3) is 10.8 Å². The van der Waals surface area contributed by atoms with Gasteiger partial charge < -0.3 is 9.73 Å². The molecule has 1 aliphatic heterocycles. The summed E-state index contributed by atoms with van der Waals surface area (Å²) in [6, 6.07) is 3.51. The van der Waals surface area contributed by atoms with Crippen LogP contribution in [0.2, 0.25) is 0 Å². The van der Waals surface area contributed by atoms with E-state index < -0.39 is 5.54 Å². The summed E-state index contributed by atoms with van der Waals surface area (Å²) in [5.41, 5.74) is -0.203. The molecule has 7 heteroatoms. The van der Waals surface area contributed by atoms with Gasteiger partial charge in [-0.15, -0.1) is 11.3 Å². The lowest BCUT2D eigenvalue weighted by atomic mass is 9.94. The second-order valence-corrected chi connectivity index (χ2v) is 7.91. The van der Waals surface area contributed by atoms with Gasteiger partial charge in [0, 0.05) is 0 Å². The van der Waals surface area contributed by atoms with E-state index in [1.165, 1.54) is 16.2 Å². The molecule has 0 saturated carbocycles. The van der Waals surface area contributed by atoms with Crippen molar-refractivity contribution in [3.63, 3.8) is 0 Å². The summed E-state index contributed by atoms with van der Waals surface area (Å²) >= 11 is 1.54.